The van der Waals surface area contributed by atoms with Gasteiger partial charge in [-0.1, -0.05) is 82.0 Å². The first-order chi connectivity index (χ1) is 9.49. The van der Waals surface area contributed by atoms with Crippen LogP contribution >= 0.6 is 0 Å². The zero-order chi connectivity index (χ0) is 14.7. The van der Waals surface area contributed by atoms with Crippen LogP contribution in [0.1, 0.15) is 19.4 Å². The highest BCUT2D eigenvalue weighted by atomic mass is 14.1. The number of hydrogen-bond donors (Lipinski definition) is 0. The summed E-state index contributed by atoms with van der Waals surface area (Å²) in [6.07, 6.45) is 0. The van der Waals surface area contributed by atoms with E-state index in [0.717, 1.165) is 0 Å². The maximum atomic E-state index is 4.20. The highest BCUT2D eigenvalue weighted by Crippen LogP contribution is 2.26. The number of hydrogen-bond acceptors (Lipinski definition) is 0. The SMILES string of the molecule is C=C(c1cccc(-c2ccc(B(C)C)cc2)c1)C(C)C. The molecular weight excluding hydrogens is 239 g/mol. The first-order valence-corrected chi connectivity index (χ1v) is 7.38. The molecule has 0 amide bonds. The third-order valence-electron chi connectivity index (χ3n) is 3.84. The largest absolute Gasteiger partial charge is 0.169 e. The zero-order valence-electron chi connectivity index (χ0n) is 13.0. The van der Waals surface area contributed by atoms with E-state index in [0.29, 0.717) is 12.6 Å². The molecule has 0 radical (unpaired) electrons. The van der Waals surface area contributed by atoms with Gasteiger partial charge >= 0.3 is 0 Å². The van der Waals surface area contributed by atoms with Crippen molar-refractivity contribution in [1.82, 2.24) is 0 Å². The van der Waals surface area contributed by atoms with E-state index >= 15 is 0 Å². The molecule has 0 fully saturated rings. The van der Waals surface area contributed by atoms with Crippen molar-refractivity contribution in [3.8, 4) is 11.1 Å². The zero-order valence-corrected chi connectivity index (χ0v) is 13.0. The van der Waals surface area contributed by atoms with Crippen LogP contribution in [-0.2, 0) is 0 Å². The van der Waals surface area contributed by atoms with Crippen LogP contribution in [0.4, 0.5) is 0 Å². The van der Waals surface area contributed by atoms with Crippen LogP contribution in [0.5, 0.6) is 0 Å². The second kappa shape index (κ2) is 6.13. The number of rotatable bonds is 4. The molecule has 0 N–H and O–H groups in total. The minimum atomic E-state index is 0.480. The summed E-state index contributed by atoms with van der Waals surface area (Å²) in [5.74, 6) is 0.480. The lowest BCUT2D eigenvalue weighted by atomic mass is 9.49. The molecule has 2 aromatic carbocycles. The predicted molar refractivity (Wildman–Crippen MR) is 92.9 cm³/mol. The fraction of sp³-hybridized carbons (Fsp3) is 0.263. The van der Waals surface area contributed by atoms with E-state index in [1.54, 1.807) is 0 Å². The van der Waals surface area contributed by atoms with Crippen LogP contribution in [0.15, 0.2) is 55.1 Å². The van der Waals surface area contributed by atoms with E-state index in [4.69, 9.17) is 0 Å². The molecular formula is C19H23B. The predicted octanol–water partition coefficient (Wildman–Crippen LogP) is 4.98. The van der Waals surface area contributed by atoms with E-state index in [-0.39, 0.29) is 0 Å². The van der Waals surface area contributed by atoms with Crippen LogP contribution in [0, 0.1) is 5.92 Å². The summed E-state index contributed by atoms with van der Waals surface area (Å²) in [7, 11) is 0. The minimum Gasteiger partial charge on any atom is -0.0950 e. The quantitative estimate of drug-likeness (QED) is 0.681. The lowest BCUT2D eigenvalue weighted by molar-refractivity contribution is 0.858. The Hall–Kier alpha value is -1.76. The van der Waals surface area contributed by atoms with Crippen LogP contribution in [-0.4, -0.2) is 6.71 Å². The van der Waals surface area contributed by atoms with Crippen molar-refractivity contribution in [3.05, 3.63) is 60.7 Å². The van der Waals surface area contributed by atoms with Gasteiger partial charge in [-0.2, -0.15) is 0 Å². The Morgan fingerprint density at radius 3 is 2.15 bits per heavy atom. The van der Waals surface area contributed by atoms with Crippen molar-refractivity contribution in [3.63, 3.8) is 0 Å². The molecule has 0 unspecified atom stereocenters. The second-order valence-corrected chi connectivity index (χ2v) is 6.04. The molecule has 2 aromatic rings. The molecule has 102 valence electrons. The normalized spacial score (nSPS) is 10.7. The fourth-order valence-corrected chi connectivity index (χ4v) is 2.29. The van der Waals surface area contributed by atoms with E-state index in [1.165, 1.54) is 27.7 Å². The smallest absolute Gasteiger partial charge is 0.0950 e. The Morgan fingerprint density at radius 1 is 0.950 bits per heavy atom. The van der Waals surface area contributed by atoms with Gasteiger partial charge in [-0.25, -0.2) is 0 Å². The number of benzene rings is 2. The van der Waals surface area contributed by atoms with Gasteiger partial charge in [0.2, 0.25) is 0 Å². The molecule has 2 rings (SSSR count). The molecule has 0 aliphatic carbocycles. The molecule has 0 atom stereocenters. The topological polar surface area (TPSA) is 0 Å². The van der Waals surface area contributed by atoms with Crippen LogP contribution in [0.25, 0.3) is 16.7 Å². The molecule has 0 spiro atoms. The monoisotopic (exact) mass is 262 g/mol. The van der Waals surface area contributed by atoms with Gasteiger partial charge in [0.1, 0.15) is 0 Å². The van der Waals surface area contributed by atoms with Gasteiger partial charge < -0.3 is 0 Å². The van der Waals surface area contributed by atoms with Crippen molar-refractivity contribution in [2.45, 2.75) is 27.5 Å². The highest BCUT2D eigenvalue weighted by Gasteiger charge is 2.06. The first kappa shape index (κ1) is 14.6. The molecule has 0 nitrogen and oxygen atoms in total. The Balaban J connectivity index is 2.33. The fourth-order valence-electron chi connectivity index (χ4n) is 2.29. The standard InChI is InChI=1S/C19H23B/c1-14(2)15(3)17-7-6-8-18(13-17)16-9-11-19(12-10-16)20(4)5/h6-14H,3H2,1-2,4-5H3. The van der Waals surface area contributed by atoms with Gasteiger partial charge in [-0.15, -0.1) is 0 Å². The van der Waals surface area contributed by atoms with Gasteiger partial charge in [0, 0.05) is 0 Å². The molecule has 20 heavy (non-hydrogen) atoms. The van der Waals surface area contributed by atoms with E-state index in [9.17, 15) is 0 Å². The summed E-state index contributed by atoms with van der Waals surface area (Å²) in [4.78, 5) is 0. The summed E-state index contributed by atoms with van der Waals surface area (Å²) in [6.45, 7) is 13.6. The van der Waals surface area contributed by atoms with Gasteiger partial charge in [-0.05, 0) is 34.2 Å². The summed E-state index contributed by atoms with van der Waals surface area (Å²) in [5, 5.41) is 0. The summed E-state index contributed by atoms with van der Waals surface area (Å²) in [6, 6.07) is 17.6. The number of allylic oxidation sites excluding steroid dienone is 1. The lowest BCUT2D eigenvalue weighted by Gasteiger charge is -2.12. The van der Waals surface area contributed by atoms with Crippen molar-refractivity contribution >= 4 is 17.7 Å². The summed E-state index contributed by atoms with van der Waals surface area (Å²) in [5.41, 5.74) is 6.36. The van der Waals surface area contributed by atoms with Crippen LogP contribution in [0.2, 0.25) is 13.6 Å². The third kappa shape index (κ3) is 3.22. The summed E-state index contributed by atoms with van der Waals surface area (Å²) >= 11 is 0. The second-order valence-electron chi connectivity index (χ2n) is 6.04. The van der Waals surface area contributed by atoms with E-state index in [1.807, 2.05) is 0 Å². The first-order valence-electron chi connectivity index (χ1n) is 7.38. The van der Waals surface area contributed by atoms with Crippen molar-refractivity contribution in [2.75, 3.05) is 0 Å². The van der Waals surface area contributed by atoms with Gasteiger partial charge in [-0.3, -0.25) is 0 Å². The molecule has 1 heteroatoms. The van der Waals surface area contributed by atoms with Gasteiger partial charge in [0.05, 0.1) is 0 Å². The molecule has 0 aliphatic rings. The van der Waals surface area contributed by atoms with Crippen molar-refractivity contribution in [2.24, 2.45) is 5.92 Å². The van der Waals surface area contributed by atoms with E-state index < -0.39 is 0 Å². The maximum Gasteiger partial charge on any atom is 0.169 e. The lowest BCUT2D eigenvalue weighted by Crippen LogP contribution is -2.21. The third-order valence-corrected chi connectivity index (χ3v) is 3.84. The van der Waals surface area contributed by atoms with Crippen molar-refractivity contribution < 1.29 is 0 Å². The van der Waals surface area contributed by atoms with Crippen LogP contribution in [0.3, 0.4) is 0 Å². The average Bonchev–Trinajstić information content (AvgIpc) is 2.46. The van der Waals surface area contributed by atoms with E-state index in [2.05, 4.69) is 82.6 Å². The Labute approximate surface area is 123 Å². The Bertz CT molecular complexity index is 591. The van der Waals surface area contributed by atoms with Gasteiger partial charge in [0.15, 0.2) is 6.71 Å². The maximum absolute atomic E-state index is 4.20. The molecule has 0 heterocycles. The van der Waals surface area contributed by atoms with Crippen molar-refractivity contribution in [1.29, 1.82) is 0 Å². The molecule has 0 saturated heterocycles. The van der Waals surface area contributed by atoms with Crippen LogP contribution < -0.4 is 5.46 Å². The molecule has 0 saturated carbocycles. The Kier molecular flexibility index (Phi) is 4.49. The molecule has 0 aliphatic heterocycles. The summed E-state index contributed by atoms with van der Waals surface area (Å²) < 4.78 is 0. The average molecular weight is 262 g/mol. The molecule has 0 aromatic heterocycles. The highest BCUT2D eigenvalue weighted by molar-refractivity contribution is 6.70. The minimum absolute atomic E-state index is 0.480. The molecule has 0 bridgehead atoms. The Morgan fingerprint density at radius 2 is 1.60 bits per heavy atom. The van der Waals surface area contributed by atoms with Gasteiger partial charge in [0.25, 0.3) is 0 Å².